The molecular weight excluding hydrogens is 254 g/mol. The summed E-state index contributed by atoms with van der Waals surface area (Å²) in [6.45, 7) is 4.43. The van der Waals surface area contributed by atoms with Crippen molar-refractivity contribution in [1.82, 2.24) is 0 Å². The van der Waals surface area contributed by atoms with Crippen molar-refractivity contribution in [2.24, 2.45) is 0 Å². The lowest BCUT2D eigenvalue weighted by Gasteiger charge is -2.21. The van der Waals surface area contributed by atoms with Gasteiger partial charge in [-0.2, -0.15) is 22.0 Å². The first-order valence-electron chi connectivity index (χ1n) is 4.49. The van der Waals surface area contributed by atoms with Crippen molar-refractivity contribution in [1.29, 1.82) is 0 Å². The molecule has 0 aliphatic carbocycles. The van der Waals surface area contributed by atoms with Crippen molar-refractivity contribution in [3.8, 4) is 0 Å². The van der Waals surface area contributed by atoms with Gasteiger partial charge in [0.15, 0.2) is 0 Å². The molecule has 0 spiro atoms. The molecule has 0 rings (SSSR count). The molecule has 2 nitrogen and oxygen atoms in total. The summed E-state index contributed by atoms with van der Waals surface area (Å²) in [7, 11) is 0. The normalized spacial score (nSPS) is 14.3. The van der Waals surface area contributed by atoms with Gasteiger partial charge in [0.1, 0.15) is 0 Å². The molecule has 0 bridgehead atoms. The second-order valence-electron chi connectivity index (χ2n) is 3.20. The van der Waals surface area contributed by atoms with Gasteiger partial charge in [-0.15, -0.1) is 0 Å². The second-order valence-corrected chi connectivity index (χ2v) is 3.20. The quantitative estimate of drug-likeness (QED) is 0.432. The molecule has 0 radical (unpaired) electrons. The summed E-state index contributed by atoms with van der Waals surface area (Å²) in [5, 5.41) is 0. The Labute approximate surface area is 93.2 Å². The number of esters is 1. The Hall–Kier alpha value is -1.21. The van der Waals surface area contributed by atoms with E-state index in [0.29, 0.717) is 0 Å². The van der Waals surface area contributed by atoms with Crippen LogP contribution in [0.3, 0.4) is 0 Å². The van der Waals surface area contributed by atoms with Crippen LogP contribution in [0.2, 0.25) is 0 Å². The minimum atomic E-state index is -5.11. The lowest BCUT2D eigenvalue weighted by Crippen LogP contribution is -2.38. The maximum Gasteiger partial charge on any atom is 0.432 e. The van der Waals surface area contributed by atoms with Crippen LogP contribution < -0.4 is 0 Å². The van der Waals surface area contributed by atoms with Gasteiger partial charge in [-0.1, -0.05) is 13.5 Å². The molecule has 0 aromatic rings. The highest BCUT2D eigenvalue weighted by Crippen LogP contribution is 2.33. The van der Waals surface area contributed by atoms with E-state index in [1.54, 1.807) is 0 Å². The number of hydrogen-bond donors (Lipinski definition) is 0. The molecule has 0 aromatic heterocycles. The van der Waals surface area contributed by atoms with Crippen molar-refractivity contribution in [2.45, 2.75) is 38.2 Å². The molecule has 100 valence electrons. The molecule has 0 saturated heterocycles. The first-order chi connectivity index (χ1) is 7.49. The van der Waals surface area contributed by atoms with Gasteiger partial charge in [-0.3, -0.25) is 0 Å². The van der Waals surface area contributed by atoms with Crippen LogP contribution in [0.15, 0.2) is 12.2 Å². The van der Waals surface area contributed by atoms with E-state index in [0.717, 1.165) is 0 Å². The van der Waals surface area contributed by atoms with Crippen LogP contribution in [0.5, 0.6) is 0 Å². The summed E-state index contributed by atoms with van der Waals surface area (Å²) in [5.41, 5.74) is -0.385. The Balaban J connectivity index is 4.57. The molecule has 17 heavy (non-hydrogen) atoms. The van der Waals surface area contributed by atoms with Crippen LogP contribution in [0, 0.1) is 0 Å². The van der Waals surface area contributed by atoms with Crippen LogP contribution in [0.25, 0.3) is 0 Å². The van der Waals surface area contributed by atoms with Crippen LogP contribution >= 0.6 is 0 Å². The first-order valence-corrected chi connectivity index (χ1v) is 4.49. The van der Waals surface area contributed by atoms with Gasteiger partial charge in [0.05, 0.1) is 6.42 Å². The highest BCUT2D eigenvalue weighted by atomic mass is 19.4. The third-order valence-electron chi connectivity index (χ3n) is 1.72. The maximum absolute atomic E-state index is 12.7. The zero-order valence-corrected chi connectivity index (χ0v) is 8.78. The predicted molar refractivity (Wildman–Crippen MR) is 46.0 cm³/mol. The average molecular weight is 264 g/mol. The topological polar surface area (TPSA) is 26.3 Å². The predicted octanol–water partition coefficient (Wildman–Crippen LogP) is 3.38. The Morgan fingerprint density at radius 3 is 2.12 bits per heavy atom. The van der Waals surface area contributed by atoms with Crippen molar-refractivity contribution in [3.05, 3.63) is 12.2 Å². The molecule has 0 saturated carbocycles. The molecular formula is C9H10F6O2. The summed E-state index contributed by atoms with van der Waals surface area (Å²) in [6.07, 6.45) is -16.0. The summed E-state index contributed by atoms with van der Waals surface area (Å²) in [4.78, 5) is 10.8. The number of alkyl halides is 6. The Morgan fingerprint density at radius 1 is 1.29 bits per heavy atom. The average Bonchev–Trinajstić information content (AvgIpc) is 2.13. The fourth-order valence-corrected chi connectivity index (χ4v) is 0.726. The minimum absolute atomic E-state index is 0.0366. The van der Waals surface area contributed by atoms with Gasteiger partial charge in [0.2, 0.25) is 6.17 Å². The molecule has 8 heteroatoms. The van der Waals surface area contributed by atoms with E-state index in [1.165, 1.54) is 6.92 Å². The van der Waals surface area contributed by atoms with E-state index < -0.39 is 30.8 Å². The minimum Gasteiger partial charge on any atom is -0.395 e. The van der Waals surface area contributed by atoms with Crippen LogP contribution in [-0.4, -0.2) is 24.4 Å². The number of halogens is 6. The molecule has 1 unspecified atom stereocenters. The molecule has 0 N–H and O–H groups in total. The molecule has 0 heterocycles. The Kier molecular flexibility index (Phi) is 5.03. The number of carbonyl (C=O) groups is 1. The smallest absolute Gasteiger partial charge is 0.395 e. The van der Waals surface area contributed by atoms with Gasteiger partial charge in [-0.25, -0.2) is 9.18 Å². The van der Waals surface area contributed by atoms with Gasteiger partial charge >= 0.3 is 18.3 Å². The molecule has 0 aromatic carbocycles. The highest BCUT2D eigenvalue weighted by Gasteiger charge is 2.50. The van der Waals surface area contributed by atoms with E-state index in [1.807, 2.05) is 0 Å². The Morgan fingerprint density at radius 2 is 1.76 bits per heavy atom. The van der Waals surface area contributed by atoms with Crippen molar-refractivity contribution >= 4 is 5.97 Å². The third-order valence-corrected chi connectivity index (χ3v) is 1.72. The standard InChI is InChI=1S/C9H10F6O2/c1-3-5(2)7(16)17-9(14,15)6(10)4-8(11,12)13/h6H,2-4H2,1H3. The lowest BCUT2D eigenvalue weighted by molar-refractivity contribution is -0.275. The Bertz CT molecular complexity index is 296. The maximum atomic E-state index is 12.7. The van der Waals surface area contributed by atoms with Gasteiger partial charge < -0.3 is 4.74 Å². The van der Waals surface area contributed by atoms with Gasteiger partial charge in [-0.05, 0) is 6.42 Å². The van der Waals surface area contributed by atoms with E-state index >= 15 is 0 Å². The van der Waals surface area contributed by atoms with E-state index in [-0.39, 0.29) is 12.0 Å². The summed E-state index contributed by atoms with van der Waals surface area (Å²) < 4.78 is 76.5. The number of carbonyl (C=O) groups excluding carboxylic acids is 1. The fraction of sp³-hybridized carbons (Fsp3) is 0.667. The van der Waals surface area contributed by atoms with Crippen molar-refractivity contribution < 1.29 is 35.9 Å². The van der Waals surface area contributed by atoms with E-state index in [4.69, 9.17) is 0 Å². The van der Waals surface area contributed by atoms with E-state index in [2.05, 4.69) is 11.3 Å². The number of hydrogen-bond acceptors (Lipinski definition) is 2. The summed E-state index contributed by atoms with van der Waals surface area (Å²) in [5.74, 6) is -1.62. The van der Waals surface area contributed by atoms with Crippen molar-refractivity contribution in [2.75, 3.05) is 0 Å². The van der Waals surface area contributed by atoms with Crippen LogP contribution in [0.1, 0.15) is 19.8 Å². The molecule has 1 atom stereocenters. The van der Waals surface area contributed by atoms with Crippen LogP contribution in [0.4, 0.5) is 26.3 Å². The lowest BCUT2D eigenvalue weighted by atomic mass is 10.2. The molecule has 0 amide bonds. The largest absolute Gasteiger partial charge is 0.432 e. The van der Waals surface area contributed by atoms with Gasteiger partial charge in [0, 0.05) is 5.57 Å². The molecule has 0 fully saturated rings. The molecule has 0 aliphatic heterocycles. The second kappa shape index (κ2) is 5.42. The monoisotopic (exact) mass is 264 g/mol. The molecule has 0 aliphatic rings. The summed E-state index contributed by atoms with van der Waals surface area (Å²) >= 11 is 0. The fourth-order valence-electron chi connectivity index (χ4n) is 0.726. The number of rotatable bonds is 5. The van der Waals surface area contributed by atoms with Gasteiger partial charge in [0.25, 0.3) is 0 Å². The number of ether oxygens (including phenoxy) is 1. The SMILES string of the molecule is C=C(CC)C(=O)OC(F)(F)C(F)CC(F)(F)F. The van der Waals surface area contributed by atoms with E-state index in [9.17, 15) is 31.1 Å². The third kappa shape index (κ3) is 5.60. The first kappa shape index (κ1) is 15.8. The van der Waals surface area contributed by atoms with Crippen molar-refractivity contribution in [3.63, 3.8) is 0 Å². The van der Waals surface area contributed by atoms with Crippen LogP contribution in [-0.2, 0) is 9.53 Å². The zero-order valence-electron chi connectivity index (χ0n) is 8.78. The highest BCUT2D eigenvalue weighted by molar-refractivity contribution is 5.87. The zero-order chi connectivity index (χ0) is 13.9. The summed E-state index contributed by atoms with van der Waals surface area (Å²) in [6, 6.07) is 0.